The highest BCUT2D eigenvalue weighted by Gasteiger charge is 2.23. The van der Waals surface area contributed by atoms with Crippen molar-refractivity contribution < 1.29 is 8.83 Å². The molecule has 10 aromatic rings. The zero-order chi connectivity index (χ0) is 33.0. The lowest BCUT2D eigenvalue weighted by Gasteiger charge is -2.17. The van der Waals surface area contributed by atoms with Gasteiger partial charge in [0, 0.05) is 49.4 Å². The normalized spacial score (nSPS) is 11.6. The van der Waals surface area contributed by atoms with Crippen molar-refractivity contribution in [2.45, 2.75) is 0 Å². The van der Waals surface area contributed by atoms with Crippen LogP contribution in [0.3, 0.4) is 0 Å². The van der Waals surface area contributed by atoms with Crippen molar-refractivity contribution in [1.82, 2.24) is 15.0 Å². The van der Waals surface area contributed by atoms with Gasteiger partial charge in [0.05, 0.1) is 0 Å². The Balaban J connectivity index is 1.29. The van der Waals surface area contributed by atoms with Crippen molar-refractivity contribution in [2.24, 2.45) is 0 Å². The van der Waals surface area contributed by atoms with E-state index in [0.717, 1.165) is 82.8 Å². The monoisotopic (exact) mass is 641 g/mol. The lowest BCUT2D eigenvalue weighted by Crippen LogP contribution is -2.01. The quantitative estimate of drug-likeness (QED) is 0.187. The van der Waals surface area contributed by atoms with Crippen LogP contribution in [0.25, 0.3) is 100 Å². The van der Waals surface area contributed by atoms with Gasteiger partial charge in [-0.15, -0.1) is 0 Å². The average Bonchev–Trinajstić information content (AvgIpc) is 3.76. The number of furan rings is 2. The van der Waals surface area contributed by atoms with Gasteiger partial charge in [0.25, 0.3) is 0 Å². The molecule has 0 atom stereocenters. The third-order valence-corrected chi connectivity index (χ3v) is 9.37. The van der Waals surface area contributed by atoms with E-state index in [2.05, 4.69) is 72.8 Å². The fourth-order valence-electron chi connectivity index (χ4n) is 7.04. The van der Waals surface area contributed by atoms with Gasteiger partial charge in [0.1, 0.15) is 22.3 Å². The molecule has 0 aliphatic heterocycles. The Bertz CT molecular complexity index is 2810. The van der Waals surface area contributed by atoms with E-state index in [1.54, 1.807) is 0 Å². The van der Waals surface area contributed by atoms with Crippen LogP contribution in [0.5, 0.6) is 0 Å². The maximum Gasteiger partial charge on any atom is 0.164 e. The first-order chi connectivity index (χ1) is 24.8. The highest BCUT2D eigenvalue weighted by atomic mass is 16.3. The van der Waals surface area contributed by atoms with Gasteiger partial charge in [-0.3, -0.25) is 0 Å². The van der Waals surface area contributed by atoms with E-state index in [-0.39, 0.29) is 0 Å². The molecule has 3 heterocycles. The Morgan fingerprint density at radius 3 is 1.56 bits per heavy atom. The molecule has 0 amide bonds. The van der Waals surface area contributed by atoms with Crippen molar-refractivity contribution in [2.75, 3.05) is 0 Å². The molecular formula is C45H27N3O2. The molecule has 0 aliphatic carbocycles. The highest BCUT2D eigenvalue weighted by Crippen LogP contribution is 2.45. The lowest BCUT2D eigenvalue weighted by atomic mass is 9.88. The van der Waals surface area contributed by atoms with Gasteiger partial charge >= 0.3 is 0 Å². The zero-order valence-corrected chi connectivity index (χ0v) is 26.7. The lowest BCUT2D eigenvalue weighted by molar-refractivity contribution is 0.669. The van der Waals surface area contributed by atoms with Gasteiger partial charge in [-0.1, -0.05) is 140 Å². The smallest absolute Gasteiger partial charge is 0.164 e. The minimum Gasteiger partial charge on any atom is -0.456 e. The molecule has 10 rings (SSSR count). The highest BCUT2D eigenvalue weighted by molar-refractivity contribution is 6.13. The SMILES string of the molecule is c1ccc(-c2nc(-c3ccccc3)nc(-c3cccc(-c4ccc5oc6ccccc6c5c4)c3-c3cccc4c3oc3ccccc34)n2)cc1. The van der Waals surface area contributed by atoms with Crippen molar-refractivity contribution in [3.63, 3.8) is 0 Å². The number of hydrogen-bond acceptors (Lipinski definition) is 5. The van der Waals surface area contributed by atoms with Crippen LogP contribution in [0.4, 0.5) is 0 Å². The first kappa shape index (κ1) is 28.2. The second-order valence-corrected chi connectivity index (χ2v) is 12.4. The number of para-hydroxylation sites is 3. The summed E-state index contributed by atoms with van der Waals surface area (Å²) in [6.07, 6.45) is 0. The number of rotatable bonds is 5. The zero-order valence-electron chi connectivity index (χ0n) is 26.7. The van der Waals surface area contributed by atoms with Crippen LogP contribution in [-0.4, -0.2) is 15.0 Å². The van der Waals surface area contributed by atoms with Crippen LogP contribution in [0.2, 0.25) is 0 Å². The summed E-state index contributed by atoms with van der Waals surface area (Å²) in [4.78, 5) is 15.3. The van der Waals surface area contributed by atoms with Crippen LogP contribution in [0, 0.1) is 0 Å². The Labute approximate surface area is 287 Å². The van der Waals surface area contributed by atoms with Crippen molar-refractivity contribution in [1.29, 1.82) is 0 Å². The molecule has 234 valence electrons. The Kier molecular flexibility index (Phi) is 6.42. The Morgan fingerprint density at radius 2 is 0.840 bits per heavy atom. The molecule has 5 nitrogen and oxygen atoms in total. The molecule has 0 fully saturated rings. The molecule has 50 heavy (non-hydrogen) atoms. The van der Waals surface area contributed by atoms with Crippen LogP contribution >= 0.6 is 0 Å². The van der Waals surface area contributed by atoms with Gasteiger partial charge in [0.2, 0.25) is 0 Å². The number of benzene rings is 7. The minimum atomic E-state index is 0.581. The molecular weight excluding hydrogens is 615 g/mol. The number of aromatic nitrogens is 3. The van der Waals surface area contributed by atoms with Crippen LogP contribution in [0.15, 0.2) is 173 Å². The topological polar surface area (TPSA) is 65.0 Å². The molecule has 0 bridgehead atoms. The van der Waals surface area contributed by atoms with E-state index in [1.807, 2.05) is 91.0 Å². The van der Waals surface area contributed by atoms with Crippen molar-refractivity contribution in [3.05, 3.63) is 164 Å². The fourth-order valence-corrected chi connectivity index (χ4v) is 7.04. The Morgan fingerprint density at radius 1 is 0.320 bits per heavy atom. The van der Waals surface area contributed by atoms with Crippen molar-refractivity contribution in [3.8, 4) is 56.4 Å². The third kappa shape index (κ3) is 4.60. The van der Waals surface area contributed by atoms with Gasteiger partial charge in [-0.05, 0) is 35.4 Å². The molecule has 5 heteroatoms. The summed E-state index contributed by atoms with van der Waals surface area (Å²) in [7, 11) is 0. The number of hydrogen-bond donors (Lipinski definition) is 0. The molecule has 0 N–H and O–H groups in total. The second-order valence-electron chi connectivity index (χ2n) is 12.4. The summed E-state index contributed by atoms with van der Waals surface area (Å²) >= 11 is 0. The average molecular weight is 642 g/mol. The van der Waals surface area contributed by atoms with Gasteiger partial charge < -0.3 is 8.83 Å². The molecule has 0 spiro atoms. The van der Waals surface area contributed by atoms with Crippen LogP contribution in [0.1, 0.15) is 0 Å². The molecule has 0 aliphatic rings. The minimum absolute atomic E-state index is 0.581. The largest absolute Gasteiger partial charge is 0.456 e. The summed E-state index contributed by atoms with van der Waals surface area (Å²) in [5, 5.41) is 4.28. The molecule has 0 radical (unpaired) electrons. The standard InChI is InChI=1S/C45H27N3O2/c1-3-13-28(14-4-1)43-46-44(29-15-5-2-6-16-29)48-45(47-43)36-22-11-19-31(30-25-26-40-37(27-30)33-18-8-9-23-38(33)49-40)41(36)35-21-12-20-34-32-17-7-10-24-39(32)50-42(34)35/h1-27H. The van der Waals surface area contributed by atoms with Gasteiger partial charge in [0.15, 0.2) is 17.5 Å². The molecule has 7 aromatic carbocycles. The molecule has 0 saturated carbocycles. The fraction of sp³-hybridized carbons (Fsp3) is 0. The second kappa shape index (κ2) is 11.4. The first-order valence-electron chi connectivity index (χ1n) is 16.6. The summed E-state index contributed by atoms with van der Waals surface area (Å²) in [5.41, 5.74) is 10.1. The molecule has 0 saturated heterocycles. The van der Waals surface area contributed by atoms with E-state index < -0.39 is 0 Å². The summed E-state index contributed by atoms with van der Waals surface area (Å²) in [6, 6.07) is 55.6. The van der Waals surface area contributed by atoms with E-state index >= 15 is 0 Å². The van der Waals surface area contributed by atoms with E-state index in [0.29, 0.717) is 17.5 Å². The maximum atomic E-state index is 6.65. The summed E-state index contributed by atoms with van der Waals surface area (Å²) in [5.74, 6) is 1.80. The third-order valence-electron chi connectivity index (χ3n) is 9.37. The predicted molar refractivity (Wildman–Crippen MR) is 202 cm³/mol. The number of fused-ring (bicyclic) bond motifs is 6. The first-order valence-corrected chi connectivity index (χ1v) is 16.6. The van der Waals surface area contributed by atoms with E-state index in [4.69, 9.17) is 23.8 Å². The van der Waals surface area contributed by atoms with E-state index in [9.17, 15) is 0 Å². The maximum absolute atomic E-state index is 6.65. The predicted octanol–water partition coefficient (Wildman–Crippen LogP) is 12.0. The number of nitrogens with zero attached hydrogens (tertiary/aromatic N) is 3. The van der Waals surface area contributed by atoms with Gasteiger partial charge in [-0.2, -0.15) is 0 Å². The van der Waals surface area contributed by atoms with E-state index in [1.165, 1.54) is 0 Å². The summed E-state index contributed by atoms with van der Waals surface area (Å²) < 4.78 is 12.9. The Hall–Kier alpha value is -6.85. The van der Waals surface area contributed by atoms with Gasteiger partial charge in [-0.25, -0.2) is 15.0 Å². The molecule has 0 unspecified atom stereocenters. The molecule has 3 aromatic heterocycles. The summed E-state index contributed by atoms with van der Waals surface area (Å²) in [6.45, 7) is 0. The van der Waals surface area contributed by atoms with Crippen LogP contribution < -0.4 is 0 Å². The van der Waals surface area contributed by atoms with Crippen LogP contribution in [-0.2, 0) is 0 Å². The van der Waals surface area contributed by atoms with Crippen molar-refractivity contribution >= 4 is 43.9 Å².